The van der Waals surface area contributed by atoms with E-state index >= 15 is 0 Å². The van der Waals surface area contributed by atoms with Crippen molar-refractivity contribution in [2.75, 3.05) is 6.26 Å². The van der Waals surface area contributed by atoms with Crippen molar-refractivity contribution in [3.63, 3.8) is 0 Å². The second kappa shape index (κ2) is 6.85. The molecule has 0 aliphatic carbocycles. The van der Waals surface area contributed by atoms with E-state index in [0.717, 1.165) is 4.47 Å². The molecule has 112 valence electrons. The molecule has 0 radical (unpaired) electrons. The lowest BCUT2D eigenvalue weighted by atomic mass is 10.1. The Balaban J connectivity index is 2.62. The van der Waals surface area contributed by atoms with Gasteiger partial charge < -0.3 is 0 Å². The van der Waals surface area contributed by atoms with Crippen LogP contribution in [0.25, 0.3) is 11.1 Å². The van der Waals surface area contributed by atoms with E-state index in [4.69, 9.17) is 11.6 Å². The van der Waals surface area contributed by atoms with Gasteiger partial charge in [0, 0.05) is 16.3 Å². The summed E-state index contributed by atoms with van der Waals surface area (Å²) in [5.41, 5.74) is 0.144. The van der Waals surface area contributed by atoms with Crippen LogP contribution < -0.4 is 11.2 Å². The van der Waals surface area contributed by atoms with Crippen LogP contribution in [-0.2, 0) is 6.54 Å². The van der Waals surface area contributed by atoms with Crippen LogP contribution in [0, 0.1) is 0 Å². The minimum absolute atomic E-state index is 0.0698. The summed E-state index contributed by atoms with van der Waals surface area (Å²) in [6, 6.07) is 7.22. The summed E-state index contributed by atoms with van der Waals surface area (Å²) in [4.78, 5) is 27.1. The average Bonchev–Trinajstić information content (AvgIpc) is 2.45. The standard InChI is InChI=1S/C14H14BrClN2O2S/c1-8(21-2)7-18-13(19)11(12(16)17-14(18)20)9-3-5-10(15)6-4-9/h3-6,8H,7H2,1-2H3,(H,17,20). The highest BCUT2D eigenvalue weighted by Gasteiger charge is 2.16. The van der Waals surface area contributed by atoms with E-state index in [0.29, 0.717) is 17.7 Å². The number of aromatic nitrogens is 2. The Kier molecular flexibility index (Phi) is 5.35. The second-order valence-corrected chi connectivity index (χ2v) is 7.16. The molecular formula is C14H14BrClN2O2S. The van der Waals surface area contributed by atoms with Gasteiger partial charge in [-0.1, -0.05) is 46.6 Å². The van der Waals surface area contributed by atoms with Crippen LogP contribution in [0.4, 0.5) is 0 Å². The minimum Gasteiger partial charge on any atom is -0.297 e. The van der Waals surface area contributed by atoms with E-state index in [1.165, 1.54) is 4.57 Å². The lowest BCUT2D eigenvalue weighted by molar-refractivity contribution is 0.627. The molecule has 0 fully saturated rings. The highest BCUT2D eigenvalue weighted by atomic mass is 79.9. The summed E-state index contributed by atoms with van der Waals surface area (Å²) in [5, 5.41) is 0.225. The molecule has 0 spiro atoms. The van der Waals surface area contributed by atoms with Crippen molar-refractivity contribution in [2.24, 2.45) is 0 Å². The van der Waals surface area contributed by atoms with Crippen molar-refractivity contribution in [1.29, 1.82) is 0 Å². The van der Waals surface area contributed by atoms with Crippen LogP contribution in [0.2, 0.25) is 5.15 Å². The number of H-pyrrole nitrogens is 1. The van der Waals surface area contributed by atoms with Crippen LogP contribution in [0.5, 0.6) is 0 Å². The molecule has 7 heteroatoms. The van der Waals surface area contributed by atoms with Gasteiger partial charge in [0.05, 0.1) is 5.56 Å². The summed E-state index contributed by atoms with van der Waals surface area (Å²) in [6.07, 6.45) is 1.94. The molecule has 0 aliphatic heterocycles. The minimum atomic E-state index is -0.480. The maximum absolute atomic E-state index is 12.6. The number of nitrogens with zero attached hydrogens (tertiary/aromatic N) is 1. The van der Waals surface area contributed by atoms with Gasteiger partial charge in [-0.25, -0.2) is 4.79 Å². The third-order valence-corrected chi connectivity index (χ3v) is 4.88. The van der Waals surface area contributed by atoms with E-state index in [2.05, 4.69) is 20.9 Å². The summed E-state index contributed by atoms with van der Waals surface area (Å²) in [7, 11) is 0. The Labute approximate surface area is 139 Å². The van der Waals surface area contributed by atoms with E-state index in [1.54, 1.807) is 23.9 Å². The molecule has 2 rings (SSSR count). The van der Waals surface area contributed by atoms with Gasteiger partial charge in [-0.15, -0.1) is 0 Å². The largest absolute Gasteiger partial charge is 0.329 e. The number of hydrogen-bond donors (Lipinski definition) is 1. The third-order valence-electron chi connectivity index (χ3n) is 3.12. The number of nitrogens with one attached hydrogen (secondary N) is 1. The van der Waals surface area contributed by atoms with Crippen molar-refractivity contribution < 1.29 is 0 Å². The van der Waals surface area contributed by atoms with Crippen molar-refractivity contribution >= 4 is 39.3 Å². The number of rotatable bonds is 4. The van der Waals surface area contributed by atoms with E-state index in [9.17, 15) is 9.59 Å². The third kappa shape index (κ3) is 3.62. The number of thioether (sulfide) groups is 1. The fourth-order valence-corrected chi connectivity index (χ4v) is 2.74. The molecule has 0 bridgehead atoms. The lowest BCUT2D eigenvalue weighted by Crippen LogP contribution is -2.38. The molecule has 1 atom stereocenters. The Bertz CT molecular complexity index is 755. The average molecular weight is 390 g/mol. The van der Waals surface area contributed by atoms with E-state index < -0.39 is 5.69 Å². The molecule has 21 heavy (non-hydrogen) atoms. The number of halogens is 2. The van der Waals surface area contributed by atoms with Crippen LogP contribution in [0.1, 0.15) is 6.92 Å². The van der Waals surface area contributed by atoms with Gasteiger partial charge in [-0.05, 0) is 24.0 Å². The predicted molar refractivity (Wildman–Crippen MR) is 92.4 cm³/mol. The van der Waals surface area contributed by atoms with Crippen molar-refractivity contribution in [2.45, 2.75) is 18.7 Å². The molecule has 0 saturated heterocycles. The van der Waals surface area contributed by atoms with Crippen LogP contribution >= 0.6 is 39.3 Å². The maximum atomic E-state index is 12.6. The van der Waals surface area contributed by atoms with Crippen molar-refractivity contribution in [1.82, 2.24) is 9.55 Å². The first-order valence-corrected chi connectivity index (χ1v) is 8.71. The summed E-state index contributed by atoms with van der Waals surface area (Å²) in [5.74, 6) is 0. The van der Waals surface area contributed by atoms with Gasteiger partial charge in [0.2, 0.25) is 0 Å². The van der Waals surface area contributed by atoms with Gasteiger partial charge in [0.25, 0.3) is 5.56 Å². The zero-order chi connectivity index (χ0) is 15.6. The fraction of sp³-hybridized carbons (Fsp3) is 0.286. The highest BCUT2D eigenvalue weighted by molar-refractivity contribution is 9.10. The summed E-state index contributed by atoms with van der Waals surface area (Å²) in [6.45, 7) is 2.31. The first-order chi connectivity index (χ1) is 9.93. The molecule has 0 aliphatic rings. The van der Waals surface area contributed by atoms with Gasteiger partial charge in [0.15, 0.2) is 0 Å². The Morgan fingerprint density at radius 1 is 1.33 bits per heavy atom. The fourth-order valence-electron chi connectivity index (χ4n) is 1.91. The molecule has 1 aromatic heterocycles. The molecule has 1 N–H and O–H groups in total. The molecule has 1 heterocycles. The zero-order valence-electron chi connectivity index (χ0n) is 11.5. The molecule has 2 aromatic rings. The quantitative estimate of drug-likeness (QED) is 0.816. The maximum Gasteiger partial charge on any atom is 0.329 e. The molecule has 0 saturated carbocycles. The van der Waals surface area contributed by atoms with Gasteiger partial charge in [-0.3, -0.25) is 14.3 Å². The Morgan fingerprint density at radius 3 is 2.52 bits per heavy atom. The first kappa shape index (κ1) is 16.4. The molecule has 1 aromatic carbocycles. The topological polar surface area (TPSA) is 54.9 Å². The summed E-state index contributed by atoms with van der Waals surface area (Å²) >= 11 is 11.0. The van der Waals surface area contributed by atoms with Crippen molar-refractivity contribution in [3.05, 3.63) is 54.7 Å². The Hall–Kier alpha value is -0.980. The first-order valence-electron chi connectivity index (χ1n) is 6.25. The van der Waals surface area contributed by atoms with E-state index in [-0.39, 0.29) is 16.0 Å². The van der Waals surface area contributed by atoms with Crippen LogP contribution in [0.3, 0.4) is 0 Å². The van der Waals surface area contributed by atoms with Crippen LogP contribution in [-0.4, -0.2) is 21.1 Å². The van der Waals surface area contributed by atoms with Crippen molar-refractivity contribution in [3.8, 4) is 11.1 Å². The normalized spacial score (nSPS) is 12.4. The monoisotopic (exact) mass is 388 g/mol. The number of aromatic amines is 1. The smallest absolute Gasteiger partial charge is 0.297 e. The molecular weight excluding hydrogens is 376 g/mol. The molecule has 1 unspecified atom stereocenters. The van der Waals surface area contributed by atoms with Gasteiger partial charge >= 0.3 is 5.69 Å². The highest BCUT2D eigenvalue weighted by Crippen LogP contribution is 2.23. The number of hydrogen-bond acceptors (Lipinski definition) is 3. The summed E-state index contributed by atoms with van der Waals surface area (Å²) < 4.78 is 2.10. The van der Waals surface area contributed by atoms with E-state index in [1.807, 2.05) is 25.3 Å². The molecule has 0 amide bonds. The molecule has 4 nitrogen and oxygen atoms in total. The second-order valence-electron chi connectivity index (χ2n) is 4.59. The van der Waals surface area contributed by atoms with Gasteiger partial charge in [-0.2, -0.15) is 11.8 Å². The predicted octanol–water partition coefficient (Wildman–Crippen LogP) is 3.37. The lowest BCUT2D eigenvalue weighted by Gasteiger charge is -2.12. The number of benzene rings is 1. The van der Waals surface area contributed by atoms with Crippen LogP contribution in [0.15, 0.2) is 38.3 Å². The zero-order valence-corrected chi connectivity index (χ0v) is 14.7. The SMILES string of the molecule is CSC(C)Cn1c(=O)[nH]c(Cl)c(-c2ccc(Br)cc2)c1=O. The van der Waals surface area contributed by atoms with Gasteiger partial charge in [0.1, 0.15) is 5.15 Å². The Morgan fingerprint density at radius 2 is 1.95 bits per heavy atom.